The van der Waals surface area contributed by atoms with E-state index in [1.165, 1.54) is 0 Å². The number of rotatable bonds is 6. The molecule has 7 heteroatoms. The highest BCUT2D eigenvalue weighted by Gasteiger charge is 2.29. The lowest BCUT2D eigenvalue weighted by Gasteiger charge is -2.08. The van der Waals surface area contributed by atoms with Crippen LogP contribution in [0.1, 0.15) is 47.8 Å². The molecule has 146 valence electrons. The molecule has 0 atom stereocenters. The maximum Gasteiger partial charge on any atom is 0.255 e. The molecule has 0 aliphatic heterocycles. The van der Waals surface area contributed by atoms with Crippen molar-refractivity contribution < 1.29 is 9.59 Å². The quantitative estimate of drug-likeness (QED) is 0.596. The maximum absolute atomic E-state index is 12.6. The van der Waals surface area contributed by atoms with Crippen molar-refractivity contribution in [1.82, 2.24) is 15.2 Å². The van der Waals surface area contributed by atoms with Crippen LogP contribution in [-0.2, 0) is 4.79 Å². The van der Waals surface area contributed by atoms with E-state index < -0.39 is 0 Å². The molecule has 0 saturated heterocycles. The molecule has 2 amide bonds. The summed E-state index contributed by atoms with van der Waals surface area (Å²) < 4.78 is 0. The van der Waals surface area contributed by atoms with Crippen LogP contribution in [0.3, 0.4) is 0 Å². The van der Waals surface area contributed by atoms with E-state index in [1.54, 1.807) is 24.3 Å². The van der Waals surface area contributed by atoms with Crippen LogP contribution in [0.25, 0.3) is 11.4 Å². The van der Waals surface area contributed by atoms with E-state index in [9.17, 15) is 9.59 Å². The second-order valence-corrected chi connectivity index (χ2v) is 7.69. The average Bonchev–Trinajstić information content (AvgIpc) is 3.67. The van der Waals surface area contributed by atoms with Crippen molar-refractivity contribution >= 4 is 23.2 Å². The summed E-state index contributed by atoms with van der Waals surface area (Å²) in [5.41, 5.74) is 2.76. The van der Waals surface area contributed by atoms with Crippen molar-refractivity contribution in [2.45, 2.75) is 31.6 Å². The largest absolute Gasteiger partial charge is 0.326 e. The molecule has 3 aromatic rings. The monoisotopic (exact) mass is 387 g/mol. The molecular weight excluding hydrogens is 366 g/mol. The fourth-order valence-electron chi connectivity index (χ4n) is 3.18. The third-order valence-corrected chi connectivity index (χ3v) is 5.21. The van der Waals surface area contributed by atoms with Gasteiger partial charge in [0.25, 0.3) is 5.91 Å². The molecule has 0 unspecified atom stereocenters. The average molecular weight is 387 g/mol. The minimum Gasteiger partial charge on any atom is -0.326 e. The van der Waals surface area contributed by atoms with Gasteiger partial charge in [0.05, 0.1) is 0 Å². The Morgan fingerprint density at radius 3 is 2.45 bits per heavy atom. The number of H-pyrrole nitrogens is 1. The van der Waals surface area contributed by atoms with E-state index in [0.29, 0.717) is 28.7 Å². The first kappa shape index (κ1) is 17.6. The molecule has 0 radical (unpaired) electrons. The van der Waals surface area contributed by atoms with Gasteiger partial charge in [-0.2, -0.15) is 5.10 Å². The minimum absolute atomic E-state index is 0.0517. The highest BCUT2D eigenvalue weighted by atomic mass is 16.2. The van der Waals surface area contributed by atoms with Gasteiger partial charge in [0.2, 0.25) is 5.91 Å². The lowest BCUT2D eigenvalue weighted by molar-refractivity contribution is -0.117. The molecule has 0 bridgehead atoms. The van der Waals surface area contributed by atoms with Crippen LogP contribution in [0, 0.1) is 5.92 Å². The molecule has 1 heterocycles. The maximum atomic E-state index is 12.6. The van der Waals surface area contributed by atoms with Gasteiger partial charge in [-0.25, -0.2) is 4.98 Å². The number of benzene rings is 2. The van der Waals surface area contributed by atoms with Crippen LogP contribution in [0.4, 0.5) is 11.4 Å². The number of nitrogens with zero attached hydrogens (tertiary/aromatic N) is 2. The first-order valence-corrected chi connectivity index (χ1v) is 9.91. The van der Waals surface area contributed by atoms with Crippen molar-refractivity contribution in [3.63, 3.8) is 0 Å². The Morgan fingerprint density at radius 2 is 1.72 bits per heavy atom. The standard InChI is InChI=1S/C22H21N5O2/c28-21(14-6-7-14)23-17-10-8-15(9-11-17)22(29)24-18-3-1-2-16(12-18)20-25-19(26-27-20)13-4-5-13/h1-3,8-14H,4-7H2,(H,23,28)(H,24,29)(H,25,26,27). The van der Waals surface area contributed by atoms with Crippen molar-refractivity contribution in [2.75, 3.05) is 10.6 Å². The van der Waals surface area contributed by atoms with Crippen LogP contribution in [0.5, 0.6) is 0 Å². The Bertz CT molecular complexity index is 1060. The molecule has 5 rings (SSSR count). The molecule has 2 aromatic carbocycles. The highest BCUT2D eigenvalue weighted by Crippen LogP contribution is 2.38. The summed E-state index contributed by atoms with van der Waals surface area (Å²) in [6.07, 6.45) is 4.24. The van der Waals surface area contributed by atoms with Gasteiger partial charge in [0.1, 0.15) is 5.82 Å². The second-order valence-electron chi connectivity index (χ2n) is 7.69. The van der Waals surface area contributed by atoms with E-state index >= 15 is 0 Å². The number of amides is 2. The smallest absolute Gasteiger partial charge is 0.255 e. The zero-order valence-electron chi connectivity index (χ0n) is 15.8. The van der Waals surface area contributed by atoms with Crippen LogP contribution >= 0.6 is 0 Å². The van der Waals surface area contributed by atoms with Crippen molar-refractivity contribution in [1.29, 1.82) is 0 Å². The minimum atomic E-state index is -0.212. The predicted molar refractivity (Wildman–Crippen MR) is 110 cm³/mol. The summed E-state index contributed by atoms with van der Waals surface area (Å²) in [5, 5.41) is 13.1. The van der Waals surface area contributed by atoms with Crippen LogP contribution in [-0.4, -0.2) is 27.0 Å². The number of nitrogens with one attached hydrogen (secondary N) is 3. The fraction of sp³-hybridized carbons (Fsp3) is 0.273. The van der Waals surface area contributed by atoms with Crippen molar-refractivity contribution in [2.24, 2.45) is 5.92 Å². The van der Waals surface area contributed by atoms with Crippen molar-refractivity contribution in [3.8, 4) is 11.4 Å². The summed E-state index contributed by atoms with van der Waals surface area (Å²) in [4.78, 5) is 29.0. The highest BCUT2D eigenvalue weighted by molar-refractivity contribution is 6.05. The zero-order chi connectivity index (χ0) is 19.8. The Labute approximate surface area is 167 Å². The van der Waals surface area contributed by atoms with Gasteiger partial charge >= 0.3 is 0 Å². The van der Waals surface area contributed by atoms with Gasteiger partial charge in [-0.15, -0.1) is 0 Å². The summed E-state index contributed by atoms with van der Waals surface area (Å²) in [5.74, 6) is 2.07. The second kappa shape index (κ2) is 7.16. The number of carbonyl (C=O) groups is 2. The molecule has 0 spiro atoms. The normalized spacial score (nSPS) is 15.7. The molecule has 1 aromatic heterocycles. The number of hydrogen-bond donors (Lipinski definition) is 3. The van der Waals surface area contributed by atoms with Crippen molar-refractivity contribution in [3.05, 3.63) is 59.9 Å². The van der Waals surface area contributed by atoms with Crippen LogP contribution in [0.2, 0.25) is 0 Å². The van der Waals surface area contributed by atoms with Gasteiger partial charge in [-0.1, -0.05) is 12.1 Å². The van der Waals surface area contributed by atoms with Gasteiger partial charge in [-0.05, 0) is 62.1 Å². The van der Waals surface area contributed by atoms with E-state index in [2.05, 4.69) is 25.8 Å². The number of aromatic nitrogens is 3. The molecule has 2 aliphatic rings. The van der Waals surface area contributed by atoms with Gasteiger partial charge in [-0.3, -0.25) is 14.7 Å². The summed E-state index contributed by atoms with van der Waals surface area (Å²) in [7, 11) is 0. The van der Waals surface area contributed by atoms with Gasteiger partial charge in [0, 0.05) is 34.3 Å². The van der Waals surface area contributed by atoms with E-state index in [1.807, 2.05) is 24.3 Å². The molecule has 2 saturated carbocycles. The third kappa shape index (κ3) is 4.03. The third-order valence-electron chi connectivity index (χ3n) is 5.21. The number of carbonyl (C=O) groups excluding carboxylic acids is 2. The van der Waals surface area contributed by atoms with Gasteiger partial charge in [0.15, 0.2) is 5.82 Å². The molecule has 29 heavy (non-hydrogen) atoms. The summed E-state index contributed by atoms with van der Waals surface area (Å²) in [6.45, 7) is 0. The summed E-state index contributed by atoms with van der Waals surface area (Å²) >= 11 is 0. The lowest BCUT2D eigenvalue weighted by atomic mass is 10.1. The lowest BCUT2D eigenvalue weighted by Crippen LogP contribution is -2.14. The number of hydrogen-bond acceptors (Lipinski definition) is 4. The molecular formula is C22H21N5O2. The van der Waals surface area contributed by atoms with Crippen LogP contribution < -0.4 is 10.6 Å². The Morgan fingerprint density at radius 1 is 0.931 bits per heavy atom. The molecule has 2 aliphatic carbocycles. The first-order chi connectivity index (χ1) is 14.2. The topological polar surface area (TPSA) is 99.8 Å². The number of aromatic amines is 1. The molecule has 7 nitrogen and oxygen atoms in total. The zero-order valence-corrected chi connectivity index (χ0v) is 15.8. The Hall–Kier alpha value is -3.48. The van der Waals surface area contributed by atoms with Crippen LogP contribution in [0.15, 0.2) is 48.5 Å². The van der Waals surface area contributed by atoms with Gasteiger partial charge < -0.3 is 10.6 Å². The Balaban J connectivity index is 1.25. The predicted octanol–water partition coefficient (Wildman–Crippen LogP) is 3.95. The van der Waals surface area contributed by atoms with E-state index in [-0.39, 0.29) is 17.7 Å². The Kier molecular flexibility index (Phi) is 4.35. The first-order valence-electron chi connectivity index (χ1n) is 9.91. The van der Waals surface area contributed by atoms with E-state index in [4.69, 9.17) is 0 Å². The SMILES string of the molecule is O=C(Nc1cccc(-c2n[nH]c(C3CC3)n2)c1)c1ccc(NC(=O)C2CC2)cc1. The fourth-order valence-corrected chi connectivity index (χ4v) is 3.18. The van der Waals surface area contributed by atoms with E-state index in [0.717, 1.165) is 37.1 Å². The number of anilines is 2. The molecule has 3 N–H and O–H groups in total. The molecule has 2 fully saturated rings. The summed E-state index contributed by atoms with van der Waals surface area (Å²) in [6, 6.07) is 14.4.